The van der Waals surface area contributed by atoms with Gasteiger partial charge in [0.2, 0.25) is 17.6 Å². The summed E-state index contributed by atoms with van der Waals surface area (Å²) in [5.74, 6) is 1.68. The number of hydrogen-bond acceptors (Lipinski definition) is 5. The molecule has 1 aromatic heterocycles. The van der Waals surface area contributed by atoms with Gasteiger partial charge in [-0.25, -0.2) is 0 Å². The van der Waals surface area contributed by atoms with Crippen LogP contribution >= 0.6 is 11.8 Å². The molecule has 3 rings (SSSR count). The van der Waals surface area contributed by atoms with Gasteiger partial charge in [-0.15, -0.1) is 11.8 Å². The van der Waals surface area contributed by atoms with Crippen molar-refractivity contribution in [3.63, 3.8) is 0 Å². The Labute approximate surface area is 150 Å². The maximum absolute atomic E-state index is 12.2. The maximum Gasteiger partial charge on any atom is 0.246 e. The van der Waals surface area contributed by atoms with Gasteiger partial charge in [0.25, 0.3) is 0 Å². The number of benzene rings is 2. The largest absolute Gasteiger partial charge is 0.346 e. The number of aromatic nitrogens is 2. The monoisotopic (exact) mass is 353 g/mol. The minimum atomic E-state index is -0.156. The molecule has 6 heteroatoms. The average molecular weight is 353 g/mol. The van der Waals surface area contributed by atoms with Gasteiger partial charge in [0.15, 0.2) is 0 Å². The summed E-state index contributed by atoms with van der Waals surface area (Å²) in [6, 6.07) is 19.7. The van der Waals surface area contributed by atoms with Crippen LogP contribution in [0.3, 0.4) is 0 Å². The number of nitrogens with one attached hydrogen (secondary N) is 1. The van der Waals surface area contributed by atoms with Crippen LogP contribution in [-0.4, -0.2) is 21.3 Å². The predicted octanol–water partition coefficient (Wildman–Crippen LogP) is 3.67. The molecule has 0 aliphatic carbocycles. The number of nitrogens with zero attached hydrogens (tertiary/aromatic N) is 2. The number of carbonyl (C=O) groups is 1. The molecule has 0 spiro atoms. The smallest absolute Gasteiger partial charge is 0.246 e. The van der Waals surface area contributed by atoms with Crippen LogP contribution in [0.5, 0.6) is 0 Å². The lowest BCUT2D eigenvalue weighted by Gasteiger charge is -2.10. The molecule has 0 radical (unpaired) electrons. The highest BCUT2D eigenvalue weighted by molar-refractivity contribution is 7.99. The fourth-order valence-electron chi connectivity index (χ4n) is 2.21. The van der Waals surface area contributed by atoms with Crippen molar-refractivity contribution in [2.24, 2.45) is 0 Å². The molecule has 0 bridgehead atoms. The molecule has 1 amide bonds. The van der Waals surface area contributed by atoms with E-state index in [-0.39, 0.29) is 17.7 Å². The Hall–Kier alpha value is -2.60. The number of thioether (sulfide) groups is 1. The number of hydrogen-bond donors (Lipinski definition) is 1. The lowest BCUT2D eigenvalue weighted by molar-refractivity contribution is -0.120. The normalized spacial score (nSPS) is 11.9. The quantitative estimate of drug-likeness (QED) is 0.702. The Kier molecular flexibility index (Phi) is 5.85. The van der Waals surface area contributed by atoms with E-state index >= 15 is 0 Å². The van der Waals surface area contributed by atoms with E-state index in [1.54, 1.807) is 11.8 Å². The highest BCUT2D eigenvalue weighted by Gasteiger charge is 2.15. The molecular weight excluding hydrogens is 334 g/mol. The molecule has 25 heavy (non-hydrogen) atoms. The van der Waals surface area contributed by atoms with Crippen LogP contribution in [0.2, 0.25) is 0 Å². The minimum Gasteiger partial charge on any atom is -0.346 e. The van der Waals surface area contributed by atoms with Crippen molar-refractivity contribution in [2.75, 3.05) is 0 Å². The first kappa shape index (κ1) is 17.2. The van der Waals surface area contributed by atoms with Crippen molar-refractivity contribution in [3.8, 4) is 11.4 Å². The molecule has 0 aliphatic heterocycles. The molecule has 0 saturated carbocycles. The molecule has 5 nitrogen and oxygen atoms in total. The summed E-state index contributed by atoms with van der Waals surface area (Å²) in [5.41, 5.74) is 2.09. The fourth-order valence-corrected chi connectivity index (χ4v) is 3.08. The molecule has 0 fully saturated rings. The van der Waals surface area contributed by atoms with E-state index < -0.39 is 0 Å². The minimum absolute atomic E-state index is 0.0413. The topological polar surface area (TPSA) is 68.0 Å². The third kappa shape index (κ3) is 4.93. The van der Waals surface area contributed by atoms with Gasteiger partial charge in [-0.3, -0.25) is 4.79 Å². The van der Waals surface area contributed by atoms with Crippen LogP contribution in [0.4, 0.5) is 0 Å². The van der Waals surface area contributed by atoms with Gasteiger partial charge in [0.05, 0.1) is 11.8 Å². The summed E-state index contributed by atoms with van der Waals surface area (Å²) < 4.78 is 5.20. The number of amides is 1. The molecule has 1 atom stereocenters. The molecule has 1 heterocycles. The highest BCUT2D eigenvalue weighted by atomic mass is 32.2. The number of carbonyl (C=O) groups excluding carboxylic acids is 1. The second kappa shape index (κ2) is 8.48. The summed E-state index contributed by atoms with van der Waals surface area (Å²) in [5, 5.41) is 6.63. The van der Waals surface area contributed by atoms with E-state index in [0.29, 0.717) is 11.7 Å². The first-order valence-electron chi connectivity index (χ1n) is 8.03. The molecule has 0 aliphatic rings. The van der Waals surface area contributed by atoms with Gasteiger partial charge in [-0.05, 0) is 12.5 Å². The van der Waals surface area contributed by atoms with Crippen molar-refractivity contribution in [2.45, 2.75) is 24.5 Å². The van der Waals surface area contributed by atoms with E-state index in [9.17, 15) is 4.79 Å². The second-order valence-electron chi connectivity index (χ2n) is 5.53. The SMILES string of the molecule is C[C@H](SCc1ccccc1)C(=O)NCc1nc(-c2ccccc2)no1. The van der Waals surface area contributed by atoms with Crippen molar-refractivity contribution in [1.29, 1.82) is 0 Å². The van der Waals surface area contributed by atoms with E-state index in [1.165, 1.54) is 5.56 Å². The molecule has 2 aromatic carbocycles. The second-order valence-corrected chi connectivity index (χ2v) is 6.86. The zero-order chi connectivity index (χ0) is 17.5. The summed E-state index contributed by atoms with van der Waals surface area (Å²) in [4.78, 5) is 16.5. The molecule has 3 aromatic rings. The van der Waals surface area contributed by atoms with Gasteiger partial charge in [0.1, 0.15) is 0 Å². The lowest BCUT2D eigenvalue weighted by atomic mass is 10.2. The zero-order valence-electron chi connectivity index (χ0n) is 13.9. The molecular formula is C19H19N3O2S. The van der Waals surface area contributed by atoms with E-state index in [4.69, 9.17) is 4.52 Å². The van der Waals surface area contributed by atoms with Crippen molar-refractivity contribution in [1.82, 2.24) is 15.5 Å². The fraction of sp³-hybridized carbons (Fsp3) is 0.211. The van der Waals surface area contributed by atoms with Crippen LogP contribution in [0.25, 0.3) is 11.4 Å². The standard InChI is InChI=1S/C19H19N3O2S/c1-14(25-13-15-8-4-2-5-9-15)19(23)20-12-17-21-18(22-24-17)16-10-6-3-7-11-16/h2-11,14H,12-13H2,1H3,(H,20,23)/t14-/m0/s1. The van der Waals surface area contributed by atoms with Gasteiger partial charge < -0.3 is 9.84 Å². The van der Waals surface area contributed by atoms with E-state index in [0.717, 1.165) is 11.3 Å². The summed E-state index contributed by atoms with van der Waals surface area (Å²) in [7, 11) is 0. The van der Waals surface area contributed by atoms with Crippen LogP contribution in [0, 0.1) is 0 Å². The van der Waals surface area contributed by atoms with Gasteiger partial charge in [-0.1, -0.05) is 65.8 Å². The van der Waals surface area contributed by atoms with E-state index in [1.807, 2.05) is 55.5 Å². The summed E-state index contributed by atoms with van der Waals surface area (Å²) in [6.45, 7) is 2.13. The third-order valence-corrected chi connectivity index (χ3v) is 4.84. The Bertz CT molecular complexity index is 806. The Morgan fingerprint density at radius 1 is 1.12 bits per heavy atom. The van der Waals surface area contributed by atoms with Crippen LogP contribution < -0.4 is 5.32 Å². The van der Waals surface area contributed by atoms with Gasteiger partial charge >= 0.3 is 0 Å². The summed E-state index contributed by atoms with van der Waals surface area (Å²) >= 11 is 1.60. The van der Waals surface area contributed by atoms with Crippen molar-refractivity contribution in [3.05, 3.63) is 72.1 Å². The highest BCUT2D eigenvalue weighted by Crippen LogP contribution is 2.18. The Balaban J connectivity index is 1.48. The van der Waals surface area contributed by atoms with Crippen molar-refractivity contribution < 1.29 is 9.32 Å². The first-order chi connectivity index (χ1) is 12.2. The molecule has 128 valence electrons. The molecule has 0 unspecified atom stereocenters. The van der Waals surface area contributed by atoms with E-state index in [2.05, 4.69) is 27.6 Å². The Morgan fingerprint density at radius 3 is 2.52 bits per heavy atom. The predicted molar refractivity (Wildman–Crippen MR) is 98.8 cm³/mol. The van der Waals surface area contributed by atoms with Gasteiger partial charge in [-0.2, -0.15) is 4.98 Å². The lowest BCUT2D eigenvalue weighted by Crippen LogP contribution is -2.30. The summed E-state index contributed by atoms with van der Waals surface area (Å²) in [6.07, 6.45) is 0. The molecule has 1 N–H and O–H groups in total. The number of rotatable bonds is 7. The first-order valence-corrected chi connectivity index (χ1v) is 9.08. The van der Waals surface area contributed by atoms with Crippen LogP contribution in [0.1, 0.15) is 18.4 Å². The maximum atomic E-state index is 12.2. The molecule has 0 saturated heterocycles. The zero-order valence-corrected chi connectivity index (χ0v) is 14.7. The van der Waals surface area contributed by atoms with Gasteiger partial charge in [0, 0.05) is 11.3 Å². The average Bonchev–Trinajstić information content (AvgIpc) is 3.15. The third-order valence-electron chi connectivity index (χ3n) is 3.63. The van der Waals surface area contributed by atoms with Crippen molar-refractivity contribution >= 4 is 17.7 Å². The van der Waals surface area contributed by atoms with Crippen LogP contribution in [-0.2, 0) is 17.1 Å². The van der Waals surface area contributed by atoms with Crippen LogP contribution in [0.15, 0.2) is 65.2 Å². The Morgan fingerprint density at radius 2 is 1.80 bits per heavy atom.